The number of aromatic nitrogens is 2. The van der Waals surface area contributed by atoms with Gasteiger partial charge in [-0.25, -0.2) is 9.97 Å². The molecule has 1 saturated heterocycles. The second-order valence-electron chi connectivity index (χ2n) is 7.87. The summed E-state index contributed by atoms with van der Waals surface area (Å²) < 4.78 is 0. The quantitative estimate of drug-likeness (QED) is 0.720. The molecule has 1 amide bonds. The van der Waals surface area contributed by atoms with Crippen molar-refractivity contribution in [3.05, 3.63) is 42.2 Å². The number of amides is 1. The van der Waals surface area contributed by atoms with Crippen LogP contribution in [0.5, 0.6) is 0 Å². The molecule has 29 heavy (non-hydrogen) atoms. The van der Waals surface area contributed by atoms with Crippen molar-refractivity contribution in [2.75, 3.05) is 51.7 Å². The zero-order valence-electron chi connectivity index (χ0n) is 18.1. The number of hydrogen-bond acceptors (Lipinski definition) is 5. The number of piperidine rings is 1. The monoisotopic (exact) mass is 395 g/mol. The Morgan fingerprint density at radius 2 is 1.90 bits per heavy atom. The molecule has 156 valence electrons. The smallest absolute Gasteiger partial charge is 0.236 e. The molecule has 0 aliphatic carbocycles. The fourth-order valence-electron chi connectivity index (χ4n) is 4.04. The average Bonchev–Trinajstić information content (AvgIpc) is 2.75. The number of carbonyl (C=O) groups is 1. The summed E-state index contributed by atoms with van der Waals surface area (Å²) in [6.45, 7) is 7.93. The van der Waals surface area contributed by atoms with Crippen molar-refractivity contribution >= 4 is 11.9 Å². The topological polar surface area (TPSA) is 52.6 Å². The first-order chi connectivity index (χ1) is 14.0. The van der Waals surface area contributed by atoms with E-state index in [1.807, 2.05) is 50.0 Å². The lowest BCUT2D eigenvalue weighted by molar-refractivity contribution is -0.132. The zero-order chi connectivity index (χ0) is 20.8. The molecular weight excluding hydrogens is 362 g/mol. The highest BCUT2D eigenvalue weighted by atomic mass is 16.2. The van der Waals surface area contributed by atoms with Gasteiger partial charge in [0.05, 0.1) is 12.2 Å². The van der Waals surface area contributed by atoms with Crippen molar-refractivity contribution in [2.45, 2.75) is 32.6 Å². The molecule has 0 radical (unpaired) electrons. The van der Waals surface area contributed by atoms with Gasteiger partial charge in [-0.15, -0.1) is 0 Å². The number of anilines is 1. The van der Waals surface area contributed by atoms with Gasteiger partial charge in [-0.2, -0.15) is 0 Å². The second-order valence-corrected chi connectivity index (χ2v) is 7.87. The third-order valence-electron chi connectivity index (χ3n) is 5.66. The Morgan fingerprint density at radius 1 is 1.17 bits per heavy atom. The van der Waals surface area contributed by atoms with E-state index in [2.05, 4.69) is 34.1 Å². The van der Waals surface area contributed by atoms with Crippen molar-refractivity contribution in [3.8, 4) is 11.1 Å². The normalized spacial score (nSPS) is 17.2. The molecule has 2 heterocycles. The lowest BCUT2D eigenvalue weighted by Crippen LogP contribution is -2.44. The molecular formula is C23H33N5O. The van der Waals surface area contributed by atoms with Crippen LogP contribution in [0.1, 0.15) is 38.3 Å². The van der Waals surface area contributed by atoms with Crippen molar-refractivity contribution in [1.82, 2.24) is 19.8 Å². The third kappa shape index (κ3) is 5.12. The first-order valence-electron chi connectivity index (χ1n) is 10.6. The SMILES string of the molecule is CCN(CC)C(=O)CN1CCC[C@H](c2nc(N(C)C)ncc2-c2ccccc2)C1. The van der Waals surface area contributed by atoms with Gasteiger partial charge in [0.25, 0.3) is 0 Å². The van der Waals surface area contributed by atoms with Crippen LogP contribution in [-0.4, -0.2) is 72.5 Å². The summed E-state index contributed by atoms with van der Waals surface area (Å²) in [5.41, 5.74) is 3.33. The van der Waals surface area contributed by atoms with Gasteiger partial charge < -0.3 is 9.80 Å². The van der Waals surface area contributed by atoms with E-state index in [1.54, 1.807) is 0 Å². The van der Waals surface area contributed by atoms with Crippen LogP contribution in [0, 0.1) is 0 Å². The summed E-state index contributed by atoms with van der Waals surface area (Å²) >= 11 is 0. The summed E-state index contributed by atoms with van der Waals surface area (Å²) in [7, 11) is 3.94. The van der Waals surface area contributed by atoms with Crippen LogP contribution in [-0.2, 0) is 4.79 Å². The summed E-state index contributed by atoms with van der Waals surface area (Å²) in [4.78, 5) is 28.3. The molecule has 0 saturated carbocycles. The lowest BCUT2D eigenvalue weighted by atomic mass is 9.90. The van der Waals surface area contributed by atoms with Crippen LogP contribution < -0.4 is 4.90 Å². The predicted octanol–water partition coefficient (Wildman–Crippen LogP) is 3.26. The van der Waals surface area contributed by atoms with Gasteiger partial charge in [0.1, 0.15) is 0 Å². The standard InChI is InChI=1S/C23H33N5O/c1-5-28(6-2)21(29)17-27-14-10-13-19(16-27)22-20(18-11-8-7-9-12-18)15-24-23(25-22)26(3)4/h7-9,11-12,15,19H,5-6,10,13-14,16-17H2,1-4H3/t19-/m0/s1. The van der Waals surface area contributed by atoms with Crippen LogP contribution in [0.15, 0.2) is 36.5 Å². The number of hydrogen-bond donors (Lipinski definition) is 0. The lowest BCUT2D eigenvalue weighted by Gasteiger charge is -2.34. The Morgan fingerprint density at radius 3 is 2.55 bits per heavy atom. The van der Waals surface area contributed by atoms with E-state index in [0.29, 0.717) is 12.5 Å². The van der Waals surface area contributed by atoms with E-state index >= 15 is 0 Å². The van der Waals surface area contributed by atoms with E-state index in [-0.39, 0.29) is 5.91 Å². The Balaban J connectivity index is 1.86. The number of rotatable bonds is 7. The minimum atomic E-state index is 0.218. The number of likely N-dealkylation sites (N-methyl/N-ethyl adjacent to an activating group) is 1. The molecule has 0 bridgehead atoms. The Bertz CT molecular complexity index is 804. The highest BCUT2D eigenvalue weighted by Gasteiger charge is 2.27. The highest BCUT2D eigenvalue weighted by molar-refractivity contribution is 5.78. The van der Waals surface area contributed by atoms with E-state index in [4.69, 9.17) is 4.98 Å². The first kappa shape index (κ1) is 21.2. The van der Waals surface area contributed by atoms with Crippen molar-refractivity contribution in [1.29, 1.82) is 0 Å². The van der Waals surface area contributed by atoms with Crippen LogP contribution in [0.4, 0.5) is 5.95 Å². The Kier molecular flexibility index (Phi) is 7.20. The van der Waals surface area contributed by atoms with Gasteiger partial charge in [-0.3, -0.25) is 9.69 Å². The maximum atomic E-state index is 12.6. The molecule has 6 nitrogen and oxygen atoms in total. The highest BCUT2D eigenvalue weighted by Crippen LogP contribution is 2.33. The molecule has 1 aromatic heterocycles. The number of likely N-dealkylation sites (tertiary alicyclic amines) is 1. The van der Waals surface area contributed by atoms with Gasteiger partial charge in [0.2, 0.25) is 11.9 Å². The summed E-state index contributed by atoms with van der Waals surface area (Å²) in [5, 5.41) is 0. The average molecular weight is 396 g/mol. The van der Waals surface area contributed by atoms with Crippen LogP contribution in [0.25, 0.3) is 11.1 Å². The molecule has 3 rings (SSSR count). The fraction of sp³-hybridized carbons (Fsp3) is 0.522. The molecule has 2 aromatic rings. The van der Waals surface area contributed by atoms with Crippen molar-refractivity contribution < 1.29 is 4.79 Å². The largest absolute Gasteiger partial charge is 0.347 e. The maximum Gasteiger partial charge on any atom is 0.236 e. The van der Waals surface area contributed by atoms with Crippen LogP contribution in [0.3, 0.4) is 0 Å². The van der Waals surface area contributed by atoms with Gasteiger partial charge in [-0.05, 0) is 38.8 Å². The molecule has 1 aliphatic rings. The second kappa shape index (κ2) is 9.83. The molecule has 6 heteroatoms. The molecule has 0 N–H and O–H groups in total. The summed E-state index contributed by atoms with van der Waals surface area (Å²) in [5.74, 6) is 1.25. The molecule has 0 unspecified atom stereocenters. The maximum absolute atomic E-state index is 12.6. The minimum absolute atomic E-state index is 0.218. The van der Waals surface area contributed by atoms with Gasteiger partial charge >= 0.3 is 0 Å². The van der Waals surface area contributed by atoms with E-state index in [0.717, 1.165) is 61.8 Å². The van der Waals surface area contributed by atoms with Crippen LogP contribution >= 0.6 is 0 Å². The summed E-state index contributed by atoms with van der Waals surface area (Å²) in [6, 6.07) is 10.4. The zero-order valence-corrected chi connectivity index (χ0v) is 18.1. The molecule has 1 atom stereocenters. The fourth-order valence-corrected chi connectivity index (χ4v) is 4.04. The molecule has 0 spiro atoms. The van der Waals surface area contributed by atoms with Crippen molar-refractivity contribution in [3.63, 3.8) is 0 Å². The predicted molar refractivity (Wildman–Crippen MR) is 118 cm³/mol. The molecule has 1 aromatic carbocycles. The number of benzene rings is 1. The minimum Gasteiger partial charge on any atom is -0.347 e. The molecule has 1 fully saturated rings. The molecule has 1 aliphatic heterocycles. The van der Waals surface area contributed by atoms with Gasteiger partial charge in [0.15, 0.2) is 0 Å². The number of carbonyl (C=O) groups excluding carboxylic acids is 1. The van der Waals surface area contributed by atoms with Crippen LogP contribution in [0.2, 0.25) is 0 Å². The first-order valence-corrected chi connectivity index (χ1v) is 10.6. The Hall–Kier alpha value is -2.47. The summed E-state index contributed by atoms with van der Waals surface area (Å²) in [6.07, 6.45) is 4.11. The van der Waals surface area contributed by atoms with Gasteiger partial charge in [0, 0.05) is 51.4 Å². The van der Waals surface area contributed by atoms with E-state index < -0.39 is 0 Å². The number of nitrogens with zero attached hydrogens (tertiary/aromatic N) is 5. The Labute approximate surface area is 174 Å². The third-order valence-corrected chi connectivity index (χ3v) is 5.66. The van der Waals surface area contributed by atoms with Crippen molar-refractivity contribution in [2.24, 2.45) is 0 Å². The van der Waals surface area contributed by atoms with Gasteiger partial charge in [-0.1, -0.05) is 30.3 Å². The van der Waals surface area contributed by atoms with E-state index in [9.17, 15) is 4.79 Å². The van der Waals surface area contributed by atoms with E-state index in [1.165, 1.54) is 0 Å².